The average Bonchev–Trinajstić information content (AvgIpc) is 2.31. The van der Waals surface area contributed by atoms with Gasteiger partial charge in [-0.1, -0.05) is 23.7 Å². The molecule has 0 radical (unpaired) electrons. The highest BCUT2D eigenvalue weighted by Crippen LogP contribution is 2.15. The van der Waals surface area contributed by atoms with E-state index in [1.165, 1.54) is 18.7 Å². The summed E-state index contributed by atoms with van der Waals surface area (Å²) in [4.78, 5) is 22.3. The molecular weight excluding hydrogens is 284 g/mol. The monoisotopic (exact) mass is 298 g/mol. The second-order valence-electron chi connectivity index (χ2n) is 3.95. The SMILES string of the molecule is CSC/C(=C\c1ccc(Cl)cc1)OC(=O)CC(C)=O. The summed E-state index contributed by atoms with van der Waals surface area (Å²) >= 11 is 7.34. The van der Waals surface area contributed by atoms with Crippen molar-refractivity contribution in [2.45, 2.75) is 13.3 Å². The normalized spacial score (nSPS) is 11.2. The Labute approximate surface area is 122 Å². The fraction of sp³-hybridized carbons (Fsp3) is 0.286. The highest BCUT2D eigenvalue weighted by Gasteiger charge is 2.09. The van der Waals surface area contributed by atoms with Crippen molar-refractivity contribution >= 4 is 41.2 Å². The zero-order valence-electron chi connectivity index (χ0n) is 10.8. The Morgan fingerprint density at radius 3 is 2.47 bits per heavy atom. The van der Waals surface area contributed by atoms with Crippen LogP contribution in [0.2, 0.25) is 5.02 Å². The van der Waals surface area contributed by atoms with Gasteiger partial charge in [0.15, 0.2) is 0 Å². The van der Waals surface area contributed by atoms with Crippen molar-refractivity contribution < 1.29 is 14.3 Å². The van der Waals surface area contributed by atoms with Gasteiger partial charge in [-0.3, -0.25) is 9.59 Å². The van der Waals surface area contributed by atoms with Gasteiger partial charge < -0.3 is 4.74 Å². The number of thioether (sulfide) groups is 1. The highest BCUT2D eigenvalue weighted by atomic mass is 35.5. The van der Waals surface area contributed by atoms with Crippen LogP contribution in [-0.2, 0) is 14.3 Å². The molecule has 0 bridgehead atoms. The number of carbonyl (C=O) groups is 2. The number of ketones is 1. The molecule has 0 saturated heterocycles. The van der Waals surface area contributed by atoms with Crippen molar-refractivity contribution in [3.05, 3.63) is 40.6 Å². The molecule has 0 amide bonds. The smallest absolute Gasteiger partial charge is 0.318 e. The molecular formula is C14H15ClO3S. The first-order valence-corrected chi connectivity index (χ1v) is 7.43. The first-order chi connectivity index (χ1) is 9.01. The van der Waals surface area contributed by atoms with Gasteiger partial charge in [0.1, 0.15) is 18.0 Å². The van der Waals surface area contributed by atoms with Crippen LogP contribution in [0.25, 0.3) is 6.08 Å². The van der Waals surface area contributed by atoms with Gasteiger partial charge >= 0.3 is 5.97 Å². The van der Waals surface area contributed by atoms with Crippen LogP contribution in [0.5, 0.6) is 0 Å². The molecule has 3 nitrogen and oxygen atoms in total. The summed E-state index contributed by atoms with van der Waals surface area (Å²) in [6.45, 7) is 1.36. The molecule has 102 valence electrons. The largest absolute Gasteiger partial charge is 0.430 e. The van der Waals surface area contributed by atoms with Crippen LogP contribution in [-0.4, -0.2) is 23.8 Å². The maximum absolute atomic E-state index is 11.5. The molecule has 0 aromatic heterocycles. The van der Waals surface area contributed by atoms with Gasteiger partial charge in [0.25, 0.3) is 0 Å². The summed E-state index contributed by atoms with van der Waals surface area (Å²) in [5.41, 5.74) is 0.893. The molecule has 0 atom stereocenters. The zero-order chi connectivity index (χ0) is 14.3. The number of ether oxygens (including phenoxy) is 1. The maximum atomic E-state index is 11.5. The number of rotatable bonds is 6. The first-order valence-electron chi connectivity index (χ1n) is 5.66. The molecule has 0 N–H and O–H groups in total. The average molecular weight is 299 g/mol. The van der Waals surface area contributed by atoms with Crippen molar-refractivity contribution in [1.29, 1.82) is 0 Å². The molecule has 1 rings (SSSR count). The van der Waals surface area contributed by atoms with Gasteiger partial charge in [-0.2, -0.15) is 11.8 Å². The number of esters is 1. The van der Waals surface area contributed by atoms with Gasteiger partial charge in [-0.15, -0.1) is 0 Å². The summed E-state index contributed by atoms with van der Waals surface area (Å²) in [7, 11) is 0. The Bertz CT molecular complexity index is 480. The molecule has 0 unspecified atom stereocenters. The molecule has 0 aliphatic rings. The topological polar surface area (TPSA) is 43.4 Å². The molecule has 0 heterocycles. The predicted octanol–water partition coefficient (Wildman–Crippen LogP) is 3.57. The summed E-state index contributed by atoms with van der Waals surface area (Å²) < 4.78 is 5.18. The van der Waals surface area contributed by atoms with E-state index < -0.39 is 5.97 Å². The molecule has 1 aromatic rings. The first kappa shape index (κ1) is 15.8. The van der Waals surface area contributed by atoms with Crippen molar-refractivity contribution in [2.75, 3.05) is 12.0 Å². The molecule has 0 aliphatic heterocycles. The Kier molecular flexibility index (Phi) is 6.67. The van der Waals surface area contributed by atoms with Crippen molar-refractivity contribution in [1.82, 2.24) is 0 Å². The molecule has 0 spiro atoms. The lowest BCUT2D eigenvalue weighted by Crippen LogP contribution is -2.09. The van der Waals surface area contributed by atoms with Gasteiger partial charge in [-0.25, -0.2) is 0 Å². The molecule has 1 aromatic carbocycles. The quantitative estimate of drug-likeness (QED) is 0.457. The van der Waals surface area contributed by atoms with E-state index in [9.17, 15) is 9.59 Å². The Morgan fingerprint density at radius 2 is 1.95 bits per heavy atom. The molecule has 0 fully saturated rings. The van der Waals surface area contributed by atoms with E-state index in [-0.39, 0.29) is 12.2 Å². The minimum atomic E-state index is -0.526. The summed E-state index contributed by atoms with van der Waals surface area (Å²) in [5, 5.41) is 0.650. The van der Waals surface area contributed by atoms with E-state index in [0.29, 0.717) is 16.5 Å². The highest BCUT2D eigenvalue weighted by molar-refractivity contribution is 7.98. The molecule has 0 aliphatic carbocycles. The summed E-state index contributed by atoms with van der Waals surface area (Å²) in [6, 6.07) is 7.20. The molecule has 0 saturated carbocycles. The van der Waals surface area contributed by atoms with Crippen LogP contribution < -0.4 is 0 Å². The third kappa shape index (κ3) is 6.45. The minimum Gasteiger partial charge on any atom is -0.430 e. The van der Waals surface area contributed by atoms with Gasteiger partial charge in [-0.05, 0) is 37.0 Å². The van der Waals surface area contributed by atoms with Crippen molar-refractivity contribution in [3.8, 4) is 0 Å². The molecule has 5 heteroatoms. The van der Waals surface area contributed by atoms with E-state index in [2.05, 4.69) is 0 Å². The van der Waals surface area contributed by atoms with E-state index in [4.69, 9.17) is 16.3 Å². The summed E-state index contributed by atoms with van der Waals surface area (Å²) in [5.74, 6) is 0.356. The number of benzene rings is 1. The van der Waals surface area contributed by atoms with Crippen LogP contribution in [0, 0.1) is 0 Å². The van der Waals surface area contributed by atoms with Crippen LogP contribution in [0.1, 0.15) is 18.9 Å². The maximum Gasteiger partial charge on any atom is 0.318 e. The Balaban J connectivity index is 2.78. The lowest BCUT2D eigenvalue weighted by atomic mass is 10.2. The fourth-order valence-electron chi connectivity index (χ4n) is 1.37. The van der Waals surface area contributed by atoms with Crippen molar-refractivity contribution in [3.63, 3.8) is 0 Å². The van der Waals surface area contributed by atoms with Gasteiger partial charge in [0, 0.05) is 5.02 Å². The lowest BCUT2D eigenvalue weighted by Gasteiger charge is -2.07. The number of Topliss-reactive ketones (excluding diaryl/α,β-unsaturated/α-hetero) is 1. The van der Waals surface area contributed by atoms with Crippen LogP contribution in [0.3, 0.4) is 0 Å². The molecule has 19 heavy (non-hydrogen) atoms. The predicted molar refractivity (Wildman–Crippen MR) is 79.2 cm³/mol. The van der Waals surface area contributed by atoms with E-state index in [0.717, 1.165) is 5.56 Å². The zero-order valence-corrected chi connectivity index (χ0v) is 12.4. The van der Waals surface area contributed by atoms with Gasteiger partial charge in [0.05, 0.1) is 5.75 Å². The van der Waals surface area contributed by atoms with E-state index in [1.54, 1.807) is 18.2 Å². The number of carbonyl (C=O) groups excluding carboxylic acids is 2. The lowest BCUT2D eigenvalue weighted by molar-refractivity contribution is -0.141. The Hall–Kier alpha value is -1.26. The van der Waals surface area contributed by atoms with E-state index >= 15 is 0 Å². The van der Waals surface area contributed by atoms with Crippen molar-refractivity contribution in [2.24, 2.45) is 0 Å². The fourth-order valence-corrected chi connectivity index (χ4v) is 1.93. The standard InChI is InChI=1S/C14H15ClO3S/c1-10(16)7-14(17)18-13(9-19-2)8-11-3-5-12(15)6-4-11/h3-6,8H,7,9H2,1-2H3/b13-8+. The van der Waals surface area contributed by atoms with Crippen LogP contribution in [0.4, 0.5) is 0 Å². The Morgan fingerprint density at radius 1 is 1.32 bits per heavy atom. The van der Waals surface area contributed by atoms with E-state index in [1.807, 2.05) is 18.4 Å². The van der Waals surface area contributed by atoms with Crippen LogP contribution >= 0.6 is 23.4 Å². The summed E-state index contributed by atoms with van der Waals surface area (Å²) in [6.07, 6.45) is 3.48. The third-order valence-electron chi connectivity index (χ3n) is 2.12. The number of halogens is 1. The van der Waals surface area contributed by atoms with Crippen LogP contribution in [0.15, 0.2) is 30.0 Å². The number of hydrogen-bond donors (Lipinski definition) is 0. The third-order valence-corrected chi connectivity index (χ3v) is 2.95. The second kappa shape index (κ2) is 8.02. The second-order valence-corrected chi connectivity index (χ2v) is 5.25. The number of hydrogen-bond acceptors (Lipinski definition) is 4. The van der Waals surface area contributed by atoms with Gasteiger partial charge in [0.2, 0.25) is 0 Å². The minimum absolute atomic E-state index is 0.202.